The van der Waals surface area contributed by atoms with E-state index in [9.17, 15) is 9.59 Å². The molecular formula is C14H19IN4O2. The quantitative estimate of drug-likeness (QED) is 0.612. The molecule has 2 amide bonds. The van der Waals surface area contributed by atoms with Crippen LogP contribution in [0.3, 0.4) is 0 Å². The molecular weight excluding hydrogens is 383 g/mol. The second-order valence-corrected chi connectivity index (χ2v) is 6.22. The van der Waals surface area contributed by atoms with Crippen molar-refractivity contribution in [3.63, 3.8) is 0 Å². The molecule has 1 atom stereocenters. The Balaban J connectivity index is 2.11. The van der Waals surface area contributed by atoms with Crippen molar-refractivity contribution in [2.45, 2.75) is 25.3 Å². The third-order valence-corrected chi connectivity index (χ3v) is 4.38. The number of rotatable bonds is 4. The number of carbonyl (C=O) groups excluding carboxylic acids is 2. The van der Waals surface area contributed by atoms with Gasteiger partial charge in [-0.3, -0.25) is 14.3 Å². The molecule has 1 aromatic rings. The lowest BCUT2D eigenvalue weighted by Crippen LogP contribution is -2.44. The van der Waals surface area contributed by atoms with Crippen LogP contribution in [0.25, 0.3) is 0 Å². The van der Waals surface area contributed by atoms with Crippen LogP contribution in [-0.4, -0.2) is 39.6 Å². The van der Waals surface area contributed by atoms with Crippen molar-refractivity contribution in [3.8, 4) is 0 Å². The lowest BCUT2D eigenvalue weighted by atomic mass is 9.99. The first-order chi connectivity index (χ1) is 10.0. The summed E-state index contributed by atoms with van der Waals surface area (Å²) < 4.78 is 2.84. The highest BCUT2D eigenvalue weighted by atomic mass is 127. The van der Waals surface area contributed by atoms with Crippen molar-refractivity contribution in [1.29, 1.82) is 0 Å². The summed E-state index contributed by atoms with van der Waals surface area (Å²) in [6.45, 7) is 4.09. The number of carbonyl (C=O) groups is 2. The highest BCUT2D eigenvalue weighted by molar-refractivity contribution is 14.1. The fraction of sp³-hybridized carbons (Fsp3) is 0.500. The topological polar surface area (TPSA) is 67.2 Å². The van der Waals surface area contributed by atoms with Crippen LogP contribution in [-0.2, 0) is 16.6 Å². The Morgan fingerprint density at radius 2 is 2.33 bits per heavy atom. The number of likely N-dealkylation sites (tertiary alicyclic amines) is 1. The van der Waals surface area contributed by atoms with Crippen LogP contribution >= 0.6 is 22.6 Å². The number of nitrogens with one attached hydrogen (secondary N) is 1. The summed E-state index contributed by atoms with van der Waals surface area (Å²) in [5.41, 5.74) is 0.946. The van der Waals surface area contributed by atoms with Crippen molar-refractivity contribution >= 4 is 34.4 Å². The van der Waals surface area contributed by atoms with Crippen LogP contribution < -0.4 is 5.32 Å². The highest BCUT2D eigenvalue weighted by Gasteiger charge is 2.30. The summed E-state index contributed by atoms with van der Waals surface area (Å²) in [5.74, 6) is -0.402. The molecule has 1 aromatic heterocycles. The first kappa shape index (κ1) is 16.0. The van der Waals surface area contributed by atoms with Crippen LogP contribution in [0.15, 0.2) is 18.9 Å². The van der Waals surface area contributed by atoms with E-state index in [1.54, 1.807) is 4.68 Å². The van der Waals surface area contributed by atoms with Gasteiger partial charge in [-0.25, -0.2) is 0 Å². The highest BCUT2D eigenvalue weighted by Crippen LogP contribution is 2.32. The van der Waals surface area contributed by atoms with Gasteiger partial charge in [-0.1, -0.05) is 6.58 Å². The first-order valence-corrected chi connectivity index (χ1v) is 7.99. The fourth-order valence-corrected chi connectivity index (χ4v) is 3.42. The summed E-state index contributed by atoms with van der Waals surface area (Å²) >= 11 is 2.25. The molecule has 1 aliphatic rings. The Morgan fingerprint density at radius 3 is 2.95 bits per heavy atom. The minimum absolute atomic E-state index is 0.0000156. The Kier molecular flexibility index (Phi) is 5.38. The van der Waals surface area contributed by atoms with Gasteiger partial charge in [0.05, 0.1) is 21.9 Å². The summed E-state index contributed by atoms with van der Waals surface area (Å²) in [6.07, 6.45) is 6.10. The molecule has 1 saturated heterocycles. The number of hydrogen-bond donors (Lipinski definition) is 1. The number of aryl methyl sites for hydroxylation is 1. The predicted octanol–water partition coefficient (Wildman–Crippen LogP) is 1.38. The molecule has 21 heavy (non-hydrogen) atoms. The lowest BCUT2D eigenvalue weighted by molar-refractivity contribution is -0.135. The standard InChI is InChI=1S/C14H19IN4O2/c1-3-12(20)16-8-13(21)19-7-5-4-6-11(19)14-10(15)9-18(2)17-14/h3,9,11H,1,4-8H2,2H3,(H,16,20). The number of piperidine rings is 1. The van der Waals surface area contributed by atoms with Gasteiger partial charge in [0.25, 0.3) is 0 Å². The van der Waals surface area contributed by atoms with Crippen molar-refractivity contribution in [1.82, 2.24) is 20.0 Å². The molecule has 0 bridgehead atoms. The summed E-state index contributed by atoms with van der Waals surface area (Å²) in [5, 5.41) is 7.04. The first-order valence-electron chi connectivity index (χ1n) is 6.91. The van der Waals surface area contributed by atoms with E-state index < -0.39 is 0 Å². The second kappa shape index (κ2) is 7.06. The number of amides is 2. The minimum Gasteiger partial charge on any atom is -0.343 e. The Hall–Kier alpha value is -1.38. The van der Waals surface area contributed by atoms with Gasteiger partial charge in [0.2, 0.25) is 11.8 Å². The molecule has 1 N–H and O–H groups in total. The molecule has 2 rings (SSSR count). The van der Waals surface area contributed by atoms with Crippen molar-refractivity contribution in [2.75, 3.05) is 13.1 Å². The van der Waals surface area contributed by atoms with Gasteiger partial charge in [0, 0.05) is 19.8 Å². The molecule has 0 spiro atoms. The van der Waals surface area contributed by atoms with Crippen LogP contribution in [0.5, 0.6) is 0 Å². The number of hydrogen-bond acceptors (Lipinski definition) is 3. The Morgan fingerprint density at radius 1 is 1.57 bits per heavy atom. The van der Waals surface area contributed by atoms with Crippen LogP contribution in [0.1, 0.15) is 31.0 Å². The second-order valence-electron chi connectivity index (χ2n) is 5.06. The zero-order chi connectivity index (χ0) is 15.4. The molecule has 0 radical (unpaired) electrons. The van der Waals surface area contributed by atoms with Gasteiger partial charge in [0.1, 0.15) is 0 Å². The number of halogens is 1. The largest absolute Gasteiger partial charge is 0.343 e. The summed E-state index contributed by atoms with van der Waals surface area (Å²) in [4.78, 5) is 25.4. The molecule has 0 saturated carbocycles. The predicted molar refractivity (Wildman–Crippen MR) is 87.4 cm³/mol. The summed E-state index contributed by atoms with van der Waals surface area (Å²) in [6, 6.07) is -0.0000156. The van der Waals surface area contributed by atoms with Gasteiger partial charge >= 0.3 is 0 Å². The Bertz CT molecular complexity index is 555. The van der Waals surface area contributed by atoms with Crippen LogP contribution in [0, 0.1) is 3.57 Å². The average molecular weight is 402 g/mol. The average Bonchev–Trinajstić information content (AvgIpc) is 2.83. The molecule has 1 unspecified atom stereocenters. The maximum atomic E-state index is 12.4. The van der Waals surface area contributed by atoms with E-state index in [1.165, 1.54) is 6.08 Å². The maximum absolute atomic E-state index is 12.4. The fourth-order valence-electron chi connectivity index (χ4n) is 2.55. The molecule has 0 aromatic carbocycles. The molecule has 6 nitrogen and oxygen atoms in total. The van der Waals surface area contributed by atoms with Gasteiger partial charge in [-0.2, -0.15) is 5.10 Å². The third-order valence-electron chi connectivity index (χ3n) is 3.55. The zero-order valence-corrected chi connectivity index (χ0v) is 14.2. The number of aromatic nitrogens is 2. The van der Waals surface area contributed by atoms with Crippen molar-refractivity contribution < 1.29 is 9.59 Å². The van der Waals surface area contributed by atoms with E-state index in [0.29, 0.717) is 6.54 Å². The third kappa shape index (κ3) is 3.84. The van der Waals surface area contributed by atoms with Gasteiger partial charge in [0.15, 0.2) is 0 Å². The van der Waals surface area contributed by atoms with E-state index in [0.717, 1.165) is 28.5 Å². The minimum atomic E-state index is -0.329. The summed E-state index contributed by atoms with van der Waals surface area (Å²) in [7, 11) is 1.88. The van der Waals surface area contributed by atoms with E-state index >= 15 is 0 Å². The van der Waals surface area contributed by atoms with Gasteiger partial charge in [-0.15, -0.1) is 0 Å². The van der Waals surface area contributed by atoms with E-state index in [-0.39, 0.29) is 24.4 Å². The smallest absolute Gasteiger partial charge is 0.243 e. The van der Waals surface area contributed by atoms with Crippen molar-refractivity contribution in [2.24, 2.45) is 7.05 Å². The van der Waals surface area contributed by atoms with E-state index in [1.807, 2.05) is 18.1 Å². The molecule has 2 heterocycles. The van der Waals surface area contributed by atoms with Crippen LogP contribution in [0.2, 0.25) is 0 Å². The lowest BCUT2D eigenvalue weighted by Gasteiger charge is -2.35. The SMILES string of the molecule is C=CC(=O)NCC(=O)N1CCCCC1c1nn(C)cc1I. The van der Waals surface area contributed by atoms with Crippen LogP contribution in [0.4, 0.5) is 0 Å². The molecule has 0 aliphatic carbocycles. The van der Waals surface area contributed by atoms with Gasteiger partial charge < -0.3 is 10.2 Å². The maximum Gasteiger partial charge on any atom is 0.243 e. The molecule has 7 heteroatoms. The van der Waals surface area contributed by atoms with Gasteiger partial charge in [-0.05, 0) is 47.9 Å². The Labute approximate surface area is 137 Å². The van der Waals surface area contributed by atoms with Crippen molar-refractivity contribution in [3.05, 3.63) is 28.1 Å². The van der Waals surface area contributed by atoms with E-state index in [4.69, 9.17) is 0 Å². The zero-order valence-electron chi connectivity index (χ0n) is 12.0. The molecule has 114 valence electrons. The molecule has 1 fully saturated rings. The monoisotopic (exact) mass is 402 g/mol. The molecule has 1 aliphatic heterocycles. The normalized spacial score (nSPS) is 18.4. The van der Waals surface area contributed by atoms with E-state index in [2.05, 4.69) is 39.6 Å². The number of nitrogens with zero attached hydrogens (tertiary/aromatic N) is 3.